The van der Waals surface area contributed by atoms with Gasteiger partial charge in [0.05, 0.1) is 6.10 Å². The monoisotopic (exact) mass is 220 g/mol. The molecule has 2 rings (SSSR count). The van der Waals surface area contributed by atoms with Gasteiger partial charge in [0.15, 0.2) is 0 Å². The maximum absolute atomic E-state index is 9.40. The molecule has 2 unspecified atom stereocenters. The molecule has 1 N–H and O–H groups in total. The van der Waals surface area contributed by atoms with Crippen LogP contribution >= 0.6 is 0 Å². The summed E-state index contributed by atoms with van der Waals surface area (Å²) >= 11 is 0. The van der Waals surface area contributed by atoms with Gasteiger partial charge in [-0.05, 0) is 37.8 Å². The first-order valence-electron chi connectivity index (χ1n) is 6.02. The number of aryl methyl sites for hydroxylation is 2. The Hall–Kier alpha value is -0.860. The van der Waals surface area contributed by atoms with Gasteiger partial charge in [0, 0.05) is 19.1 Å². The van der Waals surface area contributed by atoms with E-state index >= 15 is 0 Å². The summed E-state index contributed by atoms with van der Waals surface area (Å²) in [5, 5.41) is 9.40. The lowest BCUT2D eigenvalue weighted by atomic mass is 9.87. The van der Waals surface area contributed by atoms with Gasteiger partial charge in [-0.3, -0.25) is 0 Å². The van der Waals surface area contributed by atoms with Crippen LogP contribution in [0.2, 0.25) is 0 Å². The highest BCUT2D eigenvalue weighted by Gasteiger charge is 2.27. The van der Waals surface area contributed by atoms with Crippen molar-refractivity contribution in [3.05, 3.63) is 34.9 Å². The first kappa shape index (κ1) is 11.6. The number of hydrogen-bond donors (Lipinski definition) is 1. The second kappa shape index (κ2) is 4.98. The fourth-order valence-electron chi connectivity index (χ4n) is 2.44. The fourth-order valence-corrected chi connectivity index (χ4v) is 2.44. The van der Waals surface area contributed by atoms with Crippen LogP contribution in [0.4, 0.5) is 0 Å². The van der Waals surface area contributed by atoms with E-state index in [-0.39, 0.29) is 18.6 Å². The number of hydrogen-bond acceptors (Lipinski definition) is 2. The van der Waals surface area contributed by atoms with E-state index < -0.39 is 0 Å². The lowest BCUT2D eigenvalue weighted by Gasteiger charge is -2.32. The summed E-state index contributed by atoms with van der Waals surface area (Å²) in [6, 6.07) is 6.45. The molecule has 0 amide bonds. The third-order valence-electron chi connectivity index (χ3n) is 3.42. The largest absolute Gasteiger partial charge is 0.396 e. The van der Waals surface area contributed by atoms with Gasteiger partial charge >= 0.3 is 0 Å². The summed E-state index contributed by atoms with van der Waals surface area (Å²) in [5.74, 6) is 0.259. The van der Waals surface area contributed by atoms with Gasteiger partial charge in [-0.15, -0.1) is 0 Å². The van der Waals surface area contributed by atoms with Crippen molar-refractivity contribution in [1.29, 1.82) is 0 Å². The molecule has 0 aliphatic carbocycles. The maximum atomic E-state index is 9.40. The summed E-state index contributed by atoms with van der Waals surface area (Å²) in [6.07, 6.45) is 2.21. The minimum atomic E-state index is 0.0821. The van der Waals surface area contributed by atoms with Crippen molar-refractivity contribution in [3.63, 3.8) is 0 Å². The van der Waals surface area contributed by atoms with E-state index in [1.165, 1.54) is 16.7 Å². The molecule has 1 fully saturated rings. The highest BCUT2D eigenvalue weighted by Crippen LogP contribution is 2.35. The van der Waals surface area contributed by atoms with Gasteiger partial charge in [0.2, 0.25) is 0 Å². The Kier molecular flexibility index (Phi) is 3.62. The molecule has 1 aromatic rings. The SMILES string of the molecule is Cc1ccc(C)c(C2OCCCC2CO)c1. The van der Waals surface area contributed by atoms with Gasteiger partial charge in [-0.1, -0.05) is 23.8 Å². The number of aliphatic hydroxyl groups excluding tert-OH is 1. The normalized spacial score (nSPS) is 25.7. The van der Waals surface area contributed by atoms with E-state index in [4.69, 9.17) is 4.74 Å². The lowest BCUT2D eigenvalue weighted by molar-refractivity contribution is -0.0460. The molecule has 1 saturated heterocycles. The maximum Gasteiger partial charge on any atom is 0.0877 e. The van der Waals surface area contributed by atoms with Crippen LogP contribution < -0.4 is 0 Å². The number of ether oxygens (including phenoxy) is 1. The van der Waals surface area contributed by atoms with Gasteiger partial charge in [0.1, 0.15) is 0 Å². The van der Waals surface area contributed by atoms with E-state index in [0.717, 1.165) is 19.4 Å². The molecule has 0 bridgehead atoms. The molecule has 1 aromatic carbocycles. The zero-order chi connectivity index (χ0) is 11.5. The van der Waals surface area contributed by atoms with E-state index in [9.17, 15) is 5.11 Å². The van der Waals surface area contributed by atoms with E-state index in [0.29, 0.717) is 0 Å². The van der Waals surface area contributed by atoms with Gasteiger partial charge in [-0.25, -0.2) is 0 Å². The predicted molar refractivity (Wildman–Crippen MR) is 64.4 cm³/mol. The molecule has 0 radical (unpaired) electrons. The standard InChI is InChI=1S/C14H20O2/c1-10-5-6-11(2)13(8-10)14-12(9-15)4-3-7-16-14/h5-6,8,12,14-15H,3-4,7,9H2,1-2H3. The average Bonchev–Trinajstić information content (AvgIpc) is 2.32. The van der Waals surface area contributed by atoms with Gasteiger partial charge < -0.3 is 9.84 Å². The molecule has 2 nitrogen and oxygen atoms in total. The van der Waals surface area contributed by atoms with Crippen LogP contribution in [0, 0.1) is 19.8 Å². The van der Waals surface area contributed by atoms with Crippen LogP contribution in [0.5, 0.6) is 0 Å². The second-order valence-electron chi connectivity index (χ2n) is 4.74. The molecule has 0 aromatic heterocycles. The van der Waals surface area contributed by atoms with Crippen molar-refractivity contribution in [2.75, 3.05) is 13.2 Å². The average molecular weight is 220 g/mol. The summed E-state index contributed by atoms with van der Waals surface area (Å²) in [4.78, 5) is 0. The van der Waals surface area contributed by atoms with E-state index in [1.54, 1.807) is 0 Å². The Morgan fingerprint density at radius 1 is 1.38 bits per heavy atom. The third kappa shape index (κ3) is 2.28. The zero-order valence-corrected chi connectivity index (χ0v) is 10.1. The number of rotatable bonds is 2. The molecule has 1 aliphatic heterocycles. The van der Waals surface area contributed by atoms with Gasteiger partial charge in [-0.2, -0.15) is 0 Å². The fraction of sp³-hybridized carbons (Fsp3) is 0.571. The molecular weight excluding hydrogens is 200 g/mol. The Labute approximate surface area is 97.3 Å². The molecular formula is C14H20O2. The molecule has 2 atom stereocenters. The first-order chi connectivity index (χ1) is 7.72. The van der Waals surface area contributed by atoms with Crippen molar-refractivity contribution >= 4 is 0 Å². The molecule has 0 saturated carbocycles. The van der Waals surface area contributed by atoms with Crippen LogP contribution in [-0.4, -0.2) is 18.3 Å². The molecule has 88 valence electrons. The summed E-state index contributed by atoms with van der Waals surface area (Å²) in [6.45, 7) is 5.24. The Morgan fingerprint density at radius 3 is 2.94 bits per heavy atom. The van der Waals surface area contributed by atoms with E-state index in [1.807, 2.05) is 0 Å². The smallest absolute Gasteiger partial charge is 0.0877 e. The van der Waals surface area contributed by atoms with Crippen LogP contribution in [0.15, 0.2) is 18.2 Å². The van der Waals surface area contributed by atoms with Crippen molar-refractivity contribution in [3.8, 4) is 0 Å². The minimum Gasteiger partial charge on any atom is -0.396 e. The molecule has 16 heavy (non-hydrogen) atoms. The Bertz CT molecular complexity index is 360. The summed E-state index contributed by atoms with van der Waals surface area (Å²) in [5.41, 5.74) is 3.76. The third-order valence-corrected chi connectivity index (χ3v) is 3.42. The number of benzene rings is 1. The van der Waals surface area contributed by atoms with Crippen LogP contribution in [-0.2, 0) is 4.74 Å². The van der Waals surface area contributed by atoms with Crippen LogP contribution in [0.1, 0.15) is 35.6 Å². The van der Waals surface area contributed by atoms with Crippen molar-refractivity contribution in [2.24, 2.45) is 5.92 Å². The highest BCUT2D eigenvalue weighted by atomic mass is 16.5. The molecule has 1 aliphatic rings. The summed E-state index contributed by atoms with van der Waals surface area (Å²) < 4.78 is 5.84. The Morgan fingerprint density at radius 2 is 2.19 bits per heavy atom. The van der Waals surface area contributed by atoms with Crippen molar-refractivity contribution < 1.29 is 9.84 Å². The lowest BCUT2D eigenvalue weighted by Crippen LogP contribution is -2.25. The van der Waals surface area contributed by atoms with E-state index in [2.05, 4.69) is 32.0 Å². The zero-order valence-electron chi connectivity index (χ0n) is 10.1. The molecule has 1 heterocycles. The Balaban J connectivity index is 2.30. The predicted octanol–water partition coefficient (Wildman–Crippen LogP) is 2.76. The summed E-state index contributed by atoms with van der Waals surface area (Å²) in [7, 11) is 0. The van der Waals surface area contributed by atoms with Gasteiger partial charge in [0.25, 0.3) is 0 Å². The molecule has 2 heteroatoms. The van der Waals surface area contributed by atoms with Crippen molar-refractivity contribution in [2.45, 2.75) is 32.8 Å². The first-order valence-corrected chi connectivity index (χ1v) is 6.02. The molecule has 0 spiro atoms. The quantitative estimate of drug-likeness (QED) is 0.830. The van der Waals surface area contributed by atoms with Crippen molar-refractivity contribution in [1.82, 2.24) is 0 Å². The minimum absolute atomic E-state index is 0.0821. The second-order valence-corrected chi connectivity index (χ2v) is 4.74. The van der Waals surface area contributed by atoms with Crippen LogP contribution in [0.3, 0.4) is 0 Å². The highest BCUT2D eigenvalue weighted by molar-refractivity contribution is 5.32. The topological polar surface area (TPSA) is 29.5 Å². The number of aliphatic hydroxyl groups is 1. The van der Waals surface area contributed by atoms with Crippen LogP contribution in [0.25, 0.3) is 0 Å².